The van der Waals surface area contributed by atoms with Gasteiger partial charge in [0.1, 0.15) is 0 Å². The Hall–Kier alpha value is -2.69. The van der Waals surface area contributed by atoms with E-state index in [0.717, 1.165) is 22.2 Å². The maximum Gasteiger partial charge on any atom is 0.402 e. The Morgan fingerprint density at radius 3 is 3.35 bits per heavy atom. The van der Waals surface area contributed by atoms with Gasteiger partial charge in [0.15, 0.2) is 12.2 Å². The second kappa shape index (κ2) is 3.25. The van der Waals surface area contributed by atoms with Crippen LogP contribution in [0.4, 0.5) is 0 Å². The Kier molecular flexibility index (Phi) is 1.27. The van der Waals surface area contributed by atoms with E-state index in [1.807, 2.05) is 22.8 Å². The van der Waals surface area contributed by atoms with Crippen LogP contribution in [-0.4, -0.2) is 14.5 Å². The van der Waals surface area contributed by atoms with Gasteiger partial charge >= 0.3 is 5.89 Å². The fraction of sp³-hybridized carbons (Fsp3) is 0.133. The Labute approximate surface area is 118 Å². The molecule has 20 heavy (non-hydrogen) atoms. The van der Waals surface area contributed by atoms with Crippen LogP contribution < -0.4 is 4.57 Å². The summed E-state index contributed by atoms with van der Waals surface area (Å²) < 4.78 is 32.7. The number of pyridine rings is 2. The van der Waals surface area contributed by atoms with Gasteiger partial charge in [-0.1, -0.05) is 0 Å². The van der Waals surface area contributed by atoms with Gasteiger partial charge in [0.05, 0.1) is 22.7 Å². The smallest absolute Gasteiger partial charge is 0.379 e. The van der Waals surface area contributed by atoms with Crippen LogP contribution in [0.25, 0.3) is 33.7 Å². The van der Waals surface area contributed by atoms with Crippen LogP contribution in [0.3, 0.4) is 0 Å². The van der Waals surface area contributed by atoms with E-state index in [4.69, 9.17) is 8.53 Å². The molecule has 5 nitrogen and oxygen atoms in total. The molecule has 0 aliphatic carbocycles. The summed E-state index contributed by atoms with van der Waals surface area (Å²) in [6.45, 7) is -1.73. The average molecular weight is 266 g/mol. The van der Waals surface area contributed by atoms with E-state index in [0.29, 0.717) is 23.7 Å². The van der Waals surface area contributed by atoms with Crippen molar-refractivity contribution in [2.45, 2.75) is 6.54 Å². The van der Waals surface area contributed by atoms with Crippen LogP contribution in [0.2, 0.25) is 0 Å². The third-order valence-electron chi connectivity index (χ3n) is 3.83. The molecule has 0 fully saturated rings. The molecule has 0 N–H and O–H groups in total. The zero-order valence-electron chi connectivity index (χ0n) is 13.4. The maximum absolute atomic E-state index is 7.84. The van der Waals surface area contributed by atoms with Crippen molar-refractivity contribution in [3.63, 3.8) is 0 Å². The van der Waals surface area contributed by atoms with Gasteiger partial charge in [0.2, 0.25) is 0 Å². The van der Waals surface area contributed by atoms with Crippen LogP contribution >= 0.6 is 0 Å². The number of hydrogen-bond donors (Lipinski definition) is 0. The standard InChI is InChI=1S/C15H11N4O/c1-18-11-7-16-6-4-10(11)13-15(18)20-14-12-9(8-19(13)14)3-2-5-17-12/h2-7H,8H2,1H3/q+1/i1D3. The van der Waals surface area contributed by atoms with E-state index in [2.05, 4.69) is 9.97 Å². The van der Waals surface area contributed by atoms with E-state index in [9.17, 15) is 0 Å². The summed E-state index contributed by atoms with van der Waals surface area (Å²) in [5.41, 5.74) is 3.48. The molecular weight excluding hydrogens is 252 g/mol. The molecule has 1 aliphatic rings. The number of aromatic nitrogens is 4. The molecule has 0 saturated heterocycles. The van der Waals surface area contributed by atoms with Crippen molar-refractivity contribution >= 4 is 22.1 Å². The van der Waals surface area contributed by atoms with Gasteiger partial charge in [0, 0.05) is 23.5 Å². The summed E-state index contributed by atoms with van der Waals surface area (Å²) in [4.78, 5) is 8.43. The Morgan fingerprint density at radius 2 is 2.40 bits per heavy atom. The number of hydrogen-bond acceptors (Lipinski definition) is 3. The van der Waals surface area contributed by atoms with E-state index in [1.54, 1.807) is 18.6 Å². The minimum atomic E-state index is -2.35. The summed E-state index contributed by atoms with van der Waals surface area (Å²) in [5.74, 6) is 0.599. The van der Waals surface area contributed by atoms with Crippen molar-refractivity contribution in [2.75, 3.05) is 0 Å². The van der Waals surface area contributed by atoms with Gasteiger partial charge in [0.25, 0.3) is 11.2 Å². The molecule has 0 atom stereocenters. The predicted molar refractivity (Wildman–Crippen MR) is 73.0 cm³/mol. The van der Waals surface area contributed by atoms with E-state index in [-0.39, 0.29) is 0 Å². The molecule has 0 bridgehead atoms. The van der Waals surface area contributed by atoms with E-state index >= 15 is 0 Å². The van der Waals surface area contributed by atoms with Crippen LogP contribution in [0.1, 0.15) is 9.68 Å². The van der Waals surface area contributed by atoms with Crippen LogP contribution in [0.15, 0.2) is 41.2 Å². The molecule has 5 heteroatoms. The van der Waals surface area contributed by atoms with Gasteiger partial charge in [-0.2, -0.15) is 0 Å². The zero-order chi connectivity index (χ0) is 15.8. The lowest BCUT2D eigenvalue weighted by Crippen LogP contribution is -2.30. The number of nitrogens with zero attached hydrogens (tertiary/aromatic N) is 4. The normalized spacial score (nSPS) is 15.9. The van der Waals surface area contributed by atoms with Gasteiger partial charge < -0.3 is 8.98 Å². The van der Waals surface area contributed by atoms with Crippen molar-refractivity contribution in [2.24, 2.45) is 6.98 Å². The molecule has 4 aromatic heterocycles. The molecule has 1 aliphatic heterocycles. The molecule has 0 spiro atoms. The topological polar surface area (TPSA) is 47.7 Å². The molecular formula is C15H11N4O+. The number of aryl methyl sites for hydroxylation is 1. The van der Waals surface area contributed by atoms with Crippen LogP contribution in [0.5, 0.6) is 0 Å². The Bertz CT molecular complexity index is 1090. The van der Waals surface area contributed by atoms with Gasteiger partial charge in [-0.25, -0.2) is 4.98 Å². The number of rotatable bonds is 0. The fourth-order valence-electron chi connectivity index (χ4n) is 2.95. The first-order valence-corrected chi connectivity index (χ1v) is 6.31. The summed E-state index contributed by atoms with van der Waals surface area (Å²) in [6.07, 6.45) is 4.93. The maximum atomic E-state index is 7.84. The number of oxazole rings is 1. The monoisotopic (exact) mass is 266 g/mol. The van der Waals surface area contributed by atoms with Crippen molar-refractivity contribution < 1.29 is 13.1 Å². The highest BCUT2D eigenvalue weighted by molar-refractivity contribution is 6.02. The van der Waals surface area contributed by atoms with Crippen molar-refractivity contribution in [1.82, 2.24) is 14.5 Å². The summed E-state index contributed by atoms with van der Waals surface area (Å²) >= 11 is 0. The minimum absolute atomic E-state index is 0.333. The number of fused-ring (bicyclic) bond motifs is 7. The van der Waals surface area contributed by atoms with Crippen LogP contribution in [-0.2, 0) is 13.5 Å². The molecule has 5 rings (SSSR count). The second-order valence-electron chi connectivity index (χ2n) is 4.89. The van der Waals surface area contributed by atoms with Gasteiger partial charge in [-0.05, 0) is 18.2 Å². The highest BCUT2D eigenvalue weighted by atomic mass is 16.4. The molecule has 0 amide bonds. The van der Waals surface area contributed by atoms with E-state index in [1.165, 1.54) is 4.57 Å². The molecule has 5 heterocycles. The minimum Gasteiger partial charge on any atom is -0.379 e. The molecule has 4 aromatic rings. The first kappa shape index (κ1) is 7.79. The first-order valence-electron chi connectivity index (χ1n) is 7.81. The molecule has 0 unspecified atom stereocenters. The average Bonchev–Trinajstić information content (AvgIpc) is 3.12. The largest absolute Gasteiger partial charge is 0.402 e. The van der Waals surface area contributed by atoms with Gasteiger partial charge in [-0.15, -0.1) is 4.57 Å². The third kappa shape index (κ3) is 1.02. The van der Waals surface area contributed by atoms with Gasteiger partial charge in [-0.3, -0.25) is 4.98 Å². The SMILES string of the molecule is [2H]C([2H])([2H])n1c2cnccc2c2c1oc1[n+]2Cc2cccnc2-1. The quantitative estimate of drug-likeness (QED) is 0.403. The summed E-state index contributed by atoms with van der Waals surface area (Å²) in [5, 5.41) is 0.814. The van der Waals surface area contributed by atoms with E-state index < -0.39 is 6.98 Å². The molecule has 0 saturated carbocycles. The highest BCUT2D eigenvalue weighted by Crippen LogP contribution is 2.33. The third-order valence-corrected chi connectivity index (χ3v) is 3.83. The zero-order valence-corrected chi connectivity index (χ0v) is 10.4. The molecule has 0 radical (unpaired) electrons. The Balaban J connectivity index is 1.96. The van der Waals surface area contributed by atoms with Crippen molar-refractivity contribution in [3.8, 4) is 11.6 Å². The lowest BCUT2D eigenvalue weighted by atomic mass is 10.2. The fourth-order valence-corrected chi connectivity index (χ4v) is 2.95. The highest BCUT2D eigenvalue weighted by Gasteiger charge is 2.37. The van der Waals surface area contributed by atoms with Crippen LogP contribution in [0, 0.1) is 0 Å². The summed E-state index contributed by atoms with van der Waals surface area (Å²) in [6, 6.07) is 5.71. The Morgan fingerprint density at radius 1 is 1.40 bits per heavy atom. The molecule has 96 valence electrons. The second-order valence-corrected chi connectivity index (χ2v) is 4.89. The lowest BCUT2D eigenvalue weighted by molar-refractivity contribution is -0.648. The van der Waals surface area contributed by atoms with Crippen molar-refractivity contribution in [1.29, 1.82) is 0 Å². The molecule has 0 aromatic carbocycles. The lowest BCUT2D eigenvalue weighted by Gasteiger charge is -1.93. The summed E-state index contributed by atoms with van der Waals surface area (Å²) in [7, 11) is 0. The predicted octanol–water partition coefficient (Wildman–Crippen LogP) is 2.03. The first-order chi connectivity index (χ1) is 11.1. The van der Waals surface area contributed by atoms with Crippen molar-refractivity contribution in [3.05, 3.63) is 42.4 Å².